The maximum absolute atomic E-state index is 4.92. The smallest absolute Gasteiger partial charge is 0.0966 e. The van der Waals surface area contributed by atoms with Gasteiger partial charge in [-0.25, -0.2) is 4.98 Å². The van der Waals surface area contributed by atoms with Crippen LogP contribution in [-0.2, 0) is 6.54 Å². The number of thiazole rings is 1. The van der Waals surface area contributed by atoms with Crippen molar-refractivity contribution in [2.75, 3.05) is 0 Å². The van der Waals surface area contributed by atoms with Crippen molar-refractivity contribution in [3.8, 4) is 11.3 Å². The first-order valence-corrected chi connectivity index (χ1v) is 8.00. The third kappa shape index (κ3) is 2.58. The minimum Gasteiger partial charge on any atom is -0.309 e. The van der Waals surface area contributed by atoms with Crippen molar-refractivity contribution in [3.05, 3.63) is 40.2 Å². The molecular formula is C16H18N2S. The monoisotopic (exact) mass is 270 g/mol. The van der Waals surface area contributed by atoms with E-state index < -0.39 is 0 Å². The normalized spacial score (nSPS) is 18.7. The van der Waals surface area contributed by atoms with E-state index in [9.17, 15) is 0 Å². The van der Waals surface area contributed by atoms with Crippen LogP contribution in [0.1, 0.15) is 41.5 Å². The molecule has 0 radical (unpaired) electrons. The van der Waals surface area contributed by atoms with E-state index in [0.29, 0.717) is 0 Å². The van der Waals surface area contributed by atoms with Crippen LogP contribution in [0.5, 0.6) is 0 Å². The average Bonchev–Trinajstić information content (AvgIpc) is 3.36. The van der Waals surface area contributed by atoms with Crippen LogP contribution in [0.4, 0.5) is 0 Å². The predicted octanol–water partition coefficient (Wildman–Crippen LogP) is 3.94. The highest BCUT2D eigenvalue weighted by Gasteiger charge is 2.29. The lowest BCUT2D eigenvalue weighted by atomic mass is 10.1. The van der Waals surface area contributed by atoms with Gasteiger partial charge in [0.05, 0.1) is 10.7 Å². The number of aromatic nitrogens is 1. The van der Waals surface area contributed by atoms with Gasteiger partial charge in [-0.3, -0.25) is 0 Å². The summed E-state index contributed by atoms with van der Waals surface area (Å²) in [6, 6.07) is 11.4. The molecule has 1 aromatic carbocycles. The molecule has 0 aliphatic heterocycles. The van der Waals surface area contributed by atoms with Gasteiger partial charge in [0.1, 0.15) is 0 Å². The van der Waals surface area contributed by atoms with E-state index in [-0.39, 0.29) is 0 Å². The van der Waals surface area contributed by atoms with Crippen molar-refractivity contribution < 1.29 is 0 Å². The Morgan fingerprint density at radius 3 is 2.58 bits per heavy atom. The predicted molar refractivity (Wildman–Crippen MR) is 79.4 cm³/mol. The molecule has 0 saturated heterocycles. The van der Waals surface area contributed by atoms with Crippen molar-refractivity contribution in [1.82, 2.24) is 10.3 Å². The molecule has 2 aliphatic rings. The highest BCUT2D eigenvalue weighted by Crippen LogP contribution is 2.44. The number of benzene rings is 1. The molecular weight excluding hydrogens is 252 g/mol. The maximum Gasteiger partial charge on any atom is 0.0966 e. The second kappa shape index (κ2) is 4.73. The summed E-state index contributed by atoms with van der Waals surface area (Å²) in [5.41, 5.74) is 2.47. The van der Waals surface area contributed by atoms with Crippen LogP contribution < -0.4 is 5.32 Å². The first kappa shape index (κ1) is 11.6. The quantitative estimate of drug-likeness (QED) is 0.890. The molecule has 0 amide bonds. The SMILES string of the molecule is c1ccc(-c2nc(C3CC3)sc2CNC2CC2)cc1. The number of nitrogens with one attached hydrogen (secondary N) is 1. The van der Waals surface area contributed by atoms with E-state index in [1.807, 2.05) is 11.3 Å². The molecule has 4 rings (SSSR count). The maximum atomic E-state index is 4.92. The van der Waals surface area contributed by atoms with Crippen LogP contribution in [0.3, 0.4) is 0 Å². The second-order valence-corrected chi connectivity index (χ2v) is 6.73. The summed E-state index contributed by atoms with van der Waals surface area (Å²) >= 11 is 1.92. The zero-order valence-electron chi connectivity index (χ0n) is 10.9. The Labute approximate surface area is 117 Å². The van der Waals surface area contributed by atoms with Gasteiger partial charge in [0.2, 0.25) is 0 Å². The molecule has 1 N–H and O–H groups in total. The first-order valence-electron chi connectivity index (χ1n) is 7.18. The second-order valence-electron chi connectivity index (χ2n) is 5.62. The van der Waals surface area contributed by atoms with E-state index in [0.717, 1.165) is 18.5 Å². The van der Waals surface area contributed by atoms with Crippen molar-refractivity contribution >= 4 is 11.3 Å². The minimum atomic E-state index is 0.752. The van der Waals surface area contributed by atoms with E-state index in [2.05, 4.69) is 35.6 Å². The van der Waals surface area contributed by atoms with Crippen molar-refractivity contribution in [3.63, 3.8) is 0 Å². The standard InChI is InChI=1S/C16H18N2S/c1-2-4-11(5-3-1)15-14(10-17-13-8-9-13)19-16(18-15)12-6-7-12/h1-5,12-13,17H,6-10H2. The molecule has 0 spiro atoms. The lowest BCUT2D eigenvalue weighted by Crippen LogP contribution is -2.14. The van der Waals surface area contributed by atoms with Crippen LogP contribution in [-0.4, -0.2) is 11.0 Å². The van der Waals surface area contributed by atoms with Crippen molar-refractivity contribution in [2.45, 2.75) is 44.2 Å². The molecule has 98 valence electrons. The Morgan fingerprint density at radius 1 is 1.11 bits per heavy atom. The average molecular weight is 270 g/mol. The molecule has 0 atom stereocenters. The third-order valence-electron chi connectivity index (χ3n) is 3.82. The molecule has 2 aromatic rings. The van der Waals surface area contributed by atoms with Crippen LogP contribution in [0.15, 0.2) is 30.3 Å². The summed E-state index contributed by atoms with van der Waals surface area (Å²) in [7, 11) is 0. The zero-order valence-corrected chi connectivity index (χ0v) is 11.7. The fourth-order valence-corrected chi connectivity index (χ4v) is 3.55. The Bertz CT molecular complexity index is 568. The Morgan fingerprint density at radius 2 is 1.89 bits per heavy atom. The van der Waals surface area contributed by atoms with Crippen molar-refractivity contribution in [2.24, 2.45) is 0 Å². The van der Waals surface area contributed by atoms with Crippen LogP contribution in [0.2, 0.25) is 0 Å². The number of hydrogen-bond donors (Lipinski definition) is 1. The number of hydrogen-bond acceptors (Lipinski definition) is 3. The van der Waals surface area contributed by atoms with Crippen LogP contribution in [0, 0.1) is 0 Å². The van der Waals surface area contributed by atoms with E-state index >= 15 is 0 Å². The van der Waals surface area contributed by atoms with E-state index in [4.69, 9.17) is 4.98 Å². The minimum absolute atomic E-state index is 0.752. The fourth-order valence-electron chi connectivity index (χ4n) is 2.34. The Kier molecular flexibility index (Phi) is 2.89. The van der Waals surface area contributed by atoms with Gasteiger partial charge >= 0.3 is 0 Å². The molecule has 2 saturated carbocycles. The highest BCUT2D eigenvalue weighted by atomic mass is 32.1. The van der Waals surface area contributed by atoms with E-state index in [1.165, 1.54) is 46.8 Å². The summed E-state index contributed by atoms with van der Waals surface area (Å²) in [6.45, 7) is 0.985. The molecule has 2 aliphatic carbocycles. The number of nitrogens with zero attached hydrogens (tertiary/aromatic N) is 1. The Hall–Kier alpha value is -1.19. The summed E-state index contributed by atoms with van der Waals surface area (Å²) in [5.74, 6) is 0.752. The molecule has 2 fully saturated rings. The summed E-state index contributed by atoms with van der Waals surface area (Å²) in [6.07, 6.45) is 5.35. The fraction of sp³-hybridized carbons (Fsp3) is 0.438. The lowest BCUT2D eigenvalue weighted by Gasteiger charge is -2.03. The summed E-state index contributed by atoms with van der Waals surface area (Å²) < 4.78 is 0. The van der Waals surface area contributed by atoms with Crippen LogP contribution in [0.25, 0.3) is 11.3 Å². The van der Waals surface area contributed by atoms with Gasteiger partial charge < -0.3 is 5.32 Å². The molecule has 3 heteroatoms. The highest BCUT2D eigenvalue weighted by molar-refractivity contribution is 7.12. The zero-order chi connectivity index (χ0) is 12.7. The molecule has 1 heterocycles. The van der Waals surface area contributed by atoms with Crippen molar-refractivity contribution in [1.29, 1.82) is 0 Å². The van der Waals surface area contributed by atoms with Gasteiger partial charge in [-0.15, -0.1) is 11.3 Å². The van der Waals surface area contributed by atoms with Gasteiger partial charge in [-0.1, -0.05) is 30.3 Å². The topological polar surface area (TPSA) is 24.9 Å². The molecule has 2 nitrogen and oxygen atoms in total. The molecule has 19 heavy (non-hydrogen) atoms. The summed E-state index contributed by atoms with van der Waals surface area (Å²) in [4.78, 5) is 6.34. The van der Waals surface area contributed by atoms with Gasteiger partial charge in [0, 0.05) is 28.9 Å². The molecule has 0 unspecified atom stereocenters. The first-order chi connectivity index (χ1) is 9.40. The Balaban J connectivity index is 1.65. The number of rotatable bonds is 5. The summed E-state index contributed by atoms with van der Waals surface area (Å²) in [5, 5.41) is 4.98. The van der Waals surface area contributed by atoms with Gasteiger partial charge in [0.25, 0.3) is 0 Å². The van der Waals surface area contributed by atoms with Crippen LogP contribution >= 0.6 is 11.3 Å². The lowest BCUT2D eigenvalue weighted by molar-refractivity contribution is 0.695. The third-order valence-corrected chi connectivity index (χ3v) is 5.03. The van der Waals surface area contributed by atoms with Gasteiger partial charge in [-0.2, -0.15) is 0 Å². The molecule has 1 aromatic heterocycles. The van der Waals surface area contributed by atoms with Gasteiger partial charge in [0.15, 0.2) is 0 Å². The largest absolute Gasteiger partial charge is 0.309 e. The van der Waals surface area contributed by atoms with Gasteiger partial charge in [-0.05, 0) is 25.7 Å². The molecule has 0 bridgehead atoms. The van der Waals surface area contributed by atoms with E-state index in [1.54, 1.807) is 0 Å².